The number of para-hydroxylation sites is 2. The Morgan fingerprint density at radius 1 is 0.968 bits per heavy atom. The number of methoxy groups -OCH3 is 1. The number of benzene rings is 2. The minimum Gasteiger partial charge on any atom is -0.493 e. The van der Waals surface area contributed by atoms with Crippen molar-refractivity contribution in [3.8, 4) is 11.5 Å². The third-order valence-electron chi connectivity index (χ3n) is 5.22. The number of rotatable bonds is 11. The van der Waals surface area contributed by atoms with E-state index in [2.05, 4.69) is 36.2 Å². The number of likely N-dealkylation sites (N-methyl/N-ethyl adjacent to an activating group) is 1. The van der Waals surface area contributed by atoms with E-state index in [0.717, 1.165) is 13.1 Å². The van der Waals surface area contributed by atoms with Gasteiger partial charge >= 0.3 is 0 Å². The lowest BCUT2D eigenvalue weighted by Crippen LogP contribution is -2.38. The van der Waals surface area contributed by atoms with Gasteiger partial charge in [-0.1, -0.05) is 56.3 Å². The van der Waals surface area contributed by atoms with Crippen LogP contribution in [0.4, 0.5) is 0 Å². The Morgan fingerprint density at radius 3 is 2.32 bits per heavy atom. The van der Waals surface area contributed by atoms with E-state index in [1.807, 2.05) is 42.5 Å². The van der Waals surface area contributed by atoms with Crippen molar-refractivity contribution in [2.24, 2.45) is 0 Å². The zero-order chi connectivity index (χ0) is 22.1. The van der Waals surface area contributed by atoms with E-state index >= 15 is 0 Å². The van der Waals surface area contributed by atoms with Gasteiger partial charge in [-0.05, 0) is 42.9 Å². The van der Waals surface area contributed by atoms with E-state index in [4.69, 9.17) is 13.9 Å². The van der Waals surface area contributed by atoms with Crippen LogP contribution in [-0.2, 0) is 6.61 Å². The molecule has 3 rings (SSSR count). The third-order valence-corrected chi connectivity index (χ3v) is 5.22. The Bertz CT molecular complexity index is 951. The fourth-order valence-corrected chi connectivity index (χ4v) is 3.54. The molecule has 0 aliphatic carbocycles. The Morgan fingerprint density at radius 2 is 1.65 bits per heavy atom. The maximum Gasteiger partial charge on any atom is 0.287 e. The molecule has 0 fully saturated rings. The highest BCUT2D eigenvalue weighted by atomic mass is 16.5. The van der Waals surface area contributed by atoms with Crippen molar-refractivity contribution in [1.29, 1.82) is 0 Å². The molecule has 0 bridgehead atoms. The Hall–Kier alpha value is -3.25. The predicted octanol–water partition coefficient (Wildman–Crippen LogP) is 4.68. The molecule has 3 aromatic rings. The Kier molecular flexibility index (Phi) is 8.12. The van der Waals surface area contributed by atoms with Gasteiger partial charge in [-0.25, -0.2) is 0 Å². The first-order valence-electron chi connectivity index (χ1n) is 10.6. The zero-order valence-electron chi connectivity index (χ0n) is 18.3. The van der Waals surface area contributed by atoms with Gasteiger partial charge < -0.3 is 19.2 Å². The molecule has 1 N–H and O–H groups in total. The lowest BCUT2D eigenvalue weighted by molar-refractivity contribution is 0.0903. The summed E-state index contributed by atoms with van der Waals surface area (Å²) in [6.07, 6.45) is 0. The first-order chi connectivity index (χ1) is 15.2. The van der Waals surface area contributed by atoms with E-state index in [1.54, 1.807) is 19.2 Å². The van der Waals surface area contributed by atoms with E-state index in [0.29, 0.717) is 23.8 Å². The van der Waals surface area contributed by atoms with Crippen molar-refractivity contribution < 1.29 is 18.7 Å². The van der Waals surface area contributed by atoms with Crippen LogP contribution in [0.1, 0.15) is 41.8 Å². The summed E-state index contributed by atoms with van der Waals surface area (Å²) in [5.74, 6) is 1.87. The maximum absolute atomic E-state index is 12.7. The molecule has 0 radical (unpaired) electrons. The van der Waals surface area contributed by atoms with Crippen molar-refractivity contribution in [3.05, 3.63) is 83.8 Å². The molecule has 1 heterocycles. The second-order valence-corrected chi connectivity index (χ2v) is 7.06. The first kappa shape index (κ1) is 22.4. The monoisotopic (exact) mass is 422 g/mol. The Balaban J connectivity index is 1.60. The van der Waals surface area contributed by atoms with Gasteiger partial charge in [0.05, 0.1) is 13.2 Å². The van der Waals surface area contributed by atoms with Gasteiger partial charge in [-0.15, -0.1) is 0 Å². The highest BCUT2D eigenvalue weighted by Gasteiger charge is 2.20. The van der Waals surface area contributed by atoms with E-state index < -0.39 is 0 Å². The molecule has 164 valence electrons. The van der Waals surface area contributed by atoms with Crippen molar-refractivity contribution in [1.82, 2.24) is 10.2 Å². The molecule has 1 unspecified atom stereocenters. The van der Waals surface area contributed by atoms with Crippen molar-refractivity contribution >= 4 is 5.91 Å². The average Bonchev–Trinajstić information content (AvgIpc) is 3.30. The van der Waals surface area contributed by atoms with Crippen LogP contribution in [0.25, 0.3) is 0 Å². The first-order valence-corrected chi connectivity index (χ1v) is 10.6. The van der Waals surface area contributed by atoms with Gasteiger partial charge in [0, 0.05) is 6.54 Å². The predicted molar refractivity (Wildman–Crippen MR) is 120 cm³/mol. The van der Waals surface area contributed by atoms with Gasteiger partial charge in [-0.3, -0.25) is 9.69 Å². The molecular weight excluding hydrogens is 392 g/mol. The summed E-state index contributed by atoms with van der Waals surface area (Å²) >= 11 is 0. The van der Waals surface area contributed by atoms with Gasteiger partial charge in [-0.2, -0.15) is 0 Å². The molecular formula is C25H30N2O4. The number of nitrogens with zero attached hydrogens (tertiary/aromatic N) is 1. The van der Waals surface area contributed by atoms with Gasteiger partial charge in [0.25, 0.3) is 5.91 Å². The summed E-state index contributed by atoms with van der Waals surface area (Å²) < 4.78 is 16.7. The van der Waals surface area contributed by atoms with Crippen molar-refractivity contribution in [2.75, 3.05) is 26.7 Å². The highest BCUT2D eigenvalue weighted by Crippen LogP contribution is 2.27. The standard InChI is InChI=1S/C25H30N2O4/c1-4-27(5-2)21(19-11-7-6-8-12-19)17-26-25(28)24-16-15-20(31-24)18-30-23-14-10-9-13-22(23)29-3/h6-16,21H,4-5,17-18H2,1-3H3,(H,26,28). The summed E-state index contributed by atoms with van der Waals surface area (Å²) in [6.45, 7) is 6.76. The Labute approximate surface area is 183 Å². The maximum atomic E-state index is 12.7. The number of hydrogen-bond donors (Lipinski definition) is 1. The summed E-state index contributed by atoms with van der Waals surface area (Å²) in [4.78, 5) is 15.0. The van der Waals surface area contributed by atoms with Crippen LogP contribution in [0.2, 0.25) is 0 Å². The molecule has 1 aromatic heterocycles. The van der Waals surface area contributed by atoms with Gasteiger partial charge in [0.15, 0.2) is 17.3 Å². The second kappa shape index (κ2) is 11.2. The second-order valence-electron chi connectivity index (χ2n) is 7.06. The smallest absolute Gasteiger partial charge is 0.287 e. The van der Waals surface area contributed by atoms with Crippen LogP contribution in [-0.4, -0.2) is 37.6 Å². The number of carbonyl (C=O) groups excluding carboxylic acids is 1. The SMILES string of the molecule is CCN(CC)C(CNC(=O)c1ccc(COc2ccccc2OC)o1)c1ccccc1. The molecule has 0 aliphatic rings. The number of amides is 1. The number of furan rings is 1. The third kappa shape index (κ3) is 5.89. The fraction of sp³-hybridized carbons (Fsp3) is 0.320. The lowest BCUT2D eigenvalue weighted by Gasteiger charge is -2.30. The number of hydrogen-bond acceptors (Lipinski definition) is 5. The largest absolute Gasteiger partial charge is 0.493 e. The minimum atomic E-state index is -0.239. The van der Waals surface area contributed by atoms with Gasteiger partial charge in [0.1, 0.15) is 12.4 Å². The quantitative estimate of drug-likeness (QED) is 0.486. The van der Waals surface area contributed by atoms with Crippen LogP contribution in [0, 0.1) is 0 Å². The molecule has 0 aliphatic heterocycles. The van der Waals surface area contributed by atoms with Crippen molar-refractivity contribution in [2.45, 2.75) is 26.5 Å². The molecule has 0 saturated carbocycles. The summed E-state index contributed by atoms with van der Waals surface area (Å²) in [5, 5.41) is 3.02. The summed E-state index contributed by atoms with van der Waals surface area (Å²) in [6, 6.07) is 21.2. The van der Waals surface area contributed by atoms with E-state index in [-0.39, 0.29) is 24.3 Å². The number of carbonyl (C=O) groups is 1. The average molecular weight is 423 g/mol. The molecule has 1 amide bonds. The molecule has 31 heavy (non-hydrogen) atoms. The zero-order valence-corrected chi connectivity index (χ0v) is 18.3. The summed E-state index contributed by atoms with van der Waals surface area (Å²) in [7, 11) is 1.60. The molecule has 0 spiro atoms. The van der Waals surface area contributed by atoms with E-state index in [9.17, 15) is 4.79 Å². The molecule has 1 atom stereocenters. The van der Waals surface area contributed by atoms with Crippen LogP contribution >= 0.6 is 0 Å². The normalized spacial score (nSPS) is 11.9. The highest BCUT2D eigenvalue weighted by molar-refractivity contribution is 5.91. The summed E-state index contributed by atoms with van der Waals surface area (Å²) in [5.41, 5.74) is 1.18. The topological polar surface area (TPSA) is 63.9 Å². The molecule has 6 nitrogen and oxygen atoms in total. The van der Waals surface area contributed by atoms with E-state index in [1.165, 1.54) is 5.56 Å². The van der Waals surface area contributed by atoms with Crippen LogP contribution in [0.5, 0.6) is 11.5 Å². The number of nitrogens with one attached hydrogen (secondary N) is 1. The van der Waals surface area contributed by atoms with Crippen LogP contribution in [0.15, 0.2) is 71.1 Å². The van der Waals surface area contributed by atoms with Crippen LogP contribution in [0.3, 0.4) is 0 Å². The fourth-order valence-electron chi connectivity index (χ4n) is 3.54. The molecule has 2 aromatic carbocycles. The van der Waals surface area contributed by atoms with Gasteiger partial charge in [0.2, 0.25) is 0 Å². The lowest BCUT2D eigenvalue weighted by atomic mass is 10.1. The minimum absolute atomic E-state index is 0.100. The number of ether oxygens (including phenoxy) is 2. The molecule has 0 saturated heterocycles. The van der Waals surface area contributed by atoms with Crippen LogP contribution < -0.4 is 14.8 Å². The van der Waals surface area contributed by atoms with Crippen molar-refractivity contribution in [3.63, 3.8) is 0 Å². The molecule has 6 heteroatoms.